The molecule has 0 rings (SSSR count). The van der Waals surface area contributed by atoms with Crippen molar-refractivity contribution in [3.8, 4) is 0 Å². The van der Waals surface area contributed by atoms with Gasteiger partial charge in [0.25, 0.3) is 0 Å². The first-order chi connectivity index (χ1) is 8.49. The number of methoxy groups -OCH3 is 2. The monoisotopic (exact) mass is 260 g/mol. The molecule has 0 heterocycles. The molecule has 0 aromatic heterocycles. The van der Waals surface area contributed by atoms with Gasteiger partial charge in [0.1, 0.15) is 0 Å². The first kappa shape index (κ1) is 17.8. The average Bonchev–Trinajstić information content (AvgIpc) is 2.29. The molecule has 18 heavy (non-hydrogen) atoms. The zero-order valence-electron chi connectivity index (χ0n) is 12.9. The van der Waals surface area contributed by atoms with Crippen molar-refractivity contribution < 1.29 is 9.47 Å². The molecule has 0 atom stereocenters. The van der Waals surface area contributed by atoms with Gasteiger partial charge in [0, 0.05) is 32.8 Å². The van der Waals surface area contributed by atoms with Crippen LogP contribution in [0.3, 0.4) is 0 Å². The maximum Gasteiger partial charge on any atom is 0.0589 e. The third kappa shape index (κ3) is 12.3. The van der Waals surface area contributed by atoms with Crippen LogP contribution in [-0.4, -0.2) is 64.1 Å². The highest BCUT2D eigenvalue weighted by molar-refractivity contribution is 4.70. The Bertz CT molecular complexity index is 173. The summed E-state index contributed by atoms with van der Waals surface area (Å²) in [6.07, 6.45) is 2.43. The molecule has 0 spiro atoms. The predicted molar refractivity (Wildman–Crippen MR) is 77.2 cm³/mol. The zero-order chi connectivity index (χ0) is 13.9. The molecule has 0 fully saturated rings. The van der Waals surface area contributed by atoms with Crippen LogP contribution < -0.4 is 5.32 Å². The highest BCUT2D eigenvalue weighted by atomic mass is 16.5. The summed E-state index contributed by atoms with van der Waals surface area (Å²) in [5.41, 5.74) is 0.228. The number of rotatable bonds is 11. The third-order valence-electron chi connectivity index (χ3n) is 2.78. The Morgan fingerprint density at radius 3 is 1.89 bits per heavy atom. The number of unbranched alkanes of at least 4 members (excludes halogenated alkanes) is 1. The number of ether oxygens (including phenoxy) is 2. The molecule has 0 amide bonds. The van der Waals surface area contributed by atoms with E-state index in [-0.39, 0.29) is 5.54 Å². The van der Waals surface area contributed by atoms with Crippen LogP contribution in [0.15, 0.2) is 0 Å². The van der Waals surface area contributed by atoms with Crippen molar-refractivity contribution in [1.82, 2.24) is 10.2 Å². The van der Waals surface area contributed by atoms with Crippen LogP contribution in [0.2, 0.25) is 0 Å². The topological polar surface area (TPSA) is 33.7 Å². The minimum Gasteiger partial charge on any atom is -0.383 e. The Balaban J connectivity index is 3.61. The number of nitrogens with one attached hydrogen (secondary N) is 1. The molecule has 0 radical (unpaired) electrons. The molecule has 0 bridgehead atoms. The van der Waals surface area contributed by atoms with Crippen LogP contribution in [0.5, 0.6) is 0 Å². The molecular formula is C14H32N2O2. The standard InChI is InChI=1S/C14H32N2O2/c1-14(2,3)15-8-6-7-9-16(10-12-17-4)11-13-18-5/h15H,6-13H2,1-5H3. The fourth-order valence-electron chi connectivity index (χ4n) is 1.70. The van der Waals surface area contributed by atoms with E-state index in [1.54, 1.807) is 14.2 Å². The number of nitrogens with zero attached hydrogens (tertiary/aromatic N) is 1. The molecule has 4 heteroatoms. The summed E-state index contributed by atoms with van der Waals surface area (Å²) in [6, 6.07) is 0. The minimum absolute atomic E-state index is 0.228. The van der Waals surface area contributed by atoms with Gasteiger partial charge in [-0.05, 0) is 46.7 Å². The van der Waals surface area contributed by atoms with E-state index in [1.165, 1.54) is 12.8 Å². The quantitative estimate of drug-likeness (QED) is 0.574. The van der Waals surface area contributed by atoms with Gasteiger partial charge in [-0.15, -0.1) is 0 Å². The highest BCUT2D eigenvalue weighted by Gasteiger charge is 2.08. The second-order valence-electron chi connectivity index (χ2n) is 5.71. The van der Waals surface area contributed by atoms with Crippen LogP contribution in [0.4, 0.5) is 0 Å². The molecule has 0 saturated heterocycles. The molecule has 1 N–H and O–H groups in total. The Labute approximate surface area is 113 Å². The van der Waals surface area contributed by atoms with Gasteiger partial charge < -0.3 is 14.8 Å². The first-order valence-electron chi connectivity index (χ1n) is 6.95. The molecule has 110 valence electrons. The van der Waals surface area contributed by atoms with Crippen molar-refractivity contribution in [2.24, 2.45) is 0 Å². The summed E-state index contributed by atoms with van der Waals surface area (Å²) in [5.74, 6) is 0. The maximum atomic E-state index is 5.13. The Hall–Kier alpha value is -0.160. The van der Waals surface area contributed by atoms with Crippen molar-refractivity contribution in [3.63, 3.8) is 0 Å². The zero-order valence-corrected chi connectivity index (χ0v) is 12.9. The van der Waals surface area contributed by atoms with Crippen molar-refractivity contribution in [3.05, 3.63) is 0 Å². The van der Waals surface area contributed by atoms with E-state index in [0.717, 1.165) is 39.4 Å². The Morgan fingerprint density at radius 1 is 0.889 bits per heavy atom. The molecule has 0 aliphatic heterocycles. The molecule has 0 aliphatic rings. The van der Waals surface area contributed by atoms with Gasteiger partial charge in [-0.3, -0.25) is 4.90 Å². The Morgan fingerprint density at radius 2 is 1.44 bits per heavy atom. The normalized spacial score (nSPS) is 12.3. The fourth-order valence-corrected chi connectivity index (χ4v) is 1.70. The fraction of sp³-hybridized carbons (Fsp3) is 1.00. The van der Waals surface area contributed by atoms with Crippen LogP contribution in [-0.2, 0) is 9.47 Å². The van der Waals surface area contributed by atoms with E-state index in [0.29, 0.717) is 0 Å². The van der Waals surface area contributed by atoms with E-state index < -0.39 is 0 Å². The second-order valence-corrected chi connectivity index (χ2v) is 5.71. The van der Waals surface area contributed by atoms with Gasteiger partial charge in [0.15, 0.2) is 0 Å². The van der Waals surface area contributed by atoms with Gasteiger partial charge in [-0.2, -0.15) is 0 Å². The number of hydrogen-bond donors (Lipinski definition) is 1. The van der Waals surface area contributed by atoms with Crippen LogP contribution in [0, 0.1) is 0 Å². The van der Waals surface area contributed by atoms with Crippen LogP contribution in [0.1, 0.15) is 33.6 Å². The van der Waals surface area contributed by atoms with Crippen molar-refractivity contribution in [2.45, 2.75) is 39.2 Å². The molecule has 4 nitrogen and oxygen atoms in total. The van der Waals surface area contributed by atoms with Gasteiger partial charge in [-0.1, -0.05) is 0 Å². The van der Waals surface area contributed by atoms with Gasteiger partial charge in [0.2, 0.25) is 0 Å². The number of hydrogen-bond acceptors (Lipinski definition) is 4. The van der Waals surface area contributed by atoms with Crippen LogP contribution >= 0.6 is 0 Å². The largest absolute Gasteiger partial charge is 0.383 e. The van der Waals surface area contributed by atoms with E-state index in [9.17, 15) is 0 Å². The minimum atomic E-state index is 0.228. The summed E-state index contributed by atoms with van der Waals surface area (Å²) in [6.45, 7) is 12.4. The Kier molecular flexibility index (Phi) is 10.6. The molecule has 0 aromatic carbocycles. The van der Waals surface area contributed by atoms with E-state index >= 15 is 0 Å². The molecule has 0 saturated carbocycles. The molecule has 0 unspecified atom stereocenters. The van der Waals surface area contributed by atoms with Gasteiger partial charge in [0.05, 0.1) is 13.2 Å². The summed E-state index contributed by atoms with van der Waals surface area (Å²) >= 11 is 0. The van der Waals surface area contributed by atoms with Crippen molar-refractivity contribution in [2.75, 3.05) is 53.6 Å². The third-order valence-corrected chi connectivity index (χ3v) is 2.78. The maximum absolute atomic E-state index is 5.13. The molecular weight excluding hydrogens is 228 g/mol. The lowest BCUT2D eigenvalue weighted by molar-refractivity contribution is 0.113. The lowest BCUT2D eigenvalue weighted by Crippen LogP contribution is -2.37. The first-order valence-corrected chi connectivity index (χ1v) is 6.95. The average molecular weight is 260 g/mol. The molecule has 0 aromatic rings. The van der Waals surface area contributed by atoms with Crippen molar-refractivity contribution in [1.29, 1.82) is 0 Å². The smallest absolute Gasteiger partial charge is 0.0589 e. The second kappa shape index (κ2) is 10.7. The summed E-state index contributed by atoms with van der Waals surface area (Å²) < 4.78 is 10.3. The lowest BCUT2D eigenvalue weighted by Gasteiger charge is -2.23. The molecule has 0 aliphatic carbocycles. The predicted octanol–water partition coefficient (Wildman–Crippen LogP) is 1.75. The highest BCUT2D eigenvalue weighted by Crippen LogP contribution is 2.00. The summed E-state index contributed by atoms with van der Waals surface area (Å²) in [4.78, 5) is 2.41. The summed E-state index contributed by atoms with van der Waals surface area (Å²) in [7, 11) is 3.50. The van der Waals surface area contributed by atoms with Gasteiger partial charge in [-0.25, -0.2) is 0 Å². The van der Waals surface area contributed by atoms with Crippen LogP contribution in [0.25, 0.3) is 0 Å². The summed E-state index contributed by atoms with van der Waals surface area (Å²) in [5, 5.41) is 3.51. The lowest BCUT2D eigenvalue weighted by atomic mass is 10.1. The van der Waals surface area contributed by atoms with E-state index in [1.807, 2.05) is 0 Å². The van der Waals surface area contributed by atoms with E-state index in [4.69, 9.17) is 9.47 Å². The van der Waals surface area contributed by atoms with Crippen molar-refractivity contribution >= 4 is 0 Å². The SMILES string of the molecule is COCCN(CCCCNC(C)(C)C)CCOC. The van der Waals surface area contributed by atoms with E-state index in [2.05, 4.69) is 31.0 Å². The van der Waals surface area contributed by atoms with Gasteiger partial charge >= 0.3 is 0 Å².